The van der Waals surface area contributed by atoms with E-state index in [9.17, 15) is 19.7 Å². The standard InChI is InChI=1S/C16H12N2O5S/c19-14-9-24-15(12-6-1-2-7-13(12)18(22)23)17(14)11-5-3-4-10(8-11)16(20)21/h1-8,15H,9H2,(H,20,21). The van der Waals surface area contributed by atoms with Gasteiger partial charge in [-0.1, -0.05) is 18.2 Å². The van der Waals surface area contributed by atoms with Crippen molar-refractivity contribution in [2.45, 2.75) is 5.37 Å². The lowest BCUT2D eigenvalue weighted by Gasteiger charge is -2.24. The molecule has 0 aliphatic carbocycles. The van der Waals surface area contributed by atoms with Crippen molar-refractivity contribution >= 4 is 35.0 Å². The monoisotopic (exact) mass is 344 g/mol. The zero-order valence-electron chi connectivity index (χ0n) is 12.3. The second-order valence-corrected chi connectivity index (χ2v) is 6.17. The number of carboxylic acid groups (broad SMARTS) is 1. The fourth-order valence-corrected chi connectivity index (χ4v) is 3.79. The van der Waals surface area contributed by atoms with E-state index >= 15 is 0 Å². The minimum absolute atomic E-state index is 0.0542. The fraction of sp³-hybridized carbons (Fsp3) is 0.125. The van der Waals surface area contributed by atoms with Crippen LogP contribution >= 0.6 is 11.8 Å². The predicted octanol–water partition coefficient (Wildman–Crippen LogP) is 3.07. The summed E-state index contributed by atoms with van der Waals surface area (Å²) in [5.41, 5.74) is 0.815. The molecule has 1 aliphatic heterocycles. The van der Waals surface area contributed by atoms with Gasteiger partial charge >= 0.3 is 5.97 Å². The van der Waals surface area contributed by atoms with E-state index in [0.29, 0.717) is 11.3 Å². The number of aromatic carboxylic acids is 1. The van der Waals surface area contributed by atoms with E-state index in [1.165, 1.54) is 34.9 Å². The Morgan fingerprint density at radius 1 is 1.25 bits per heavy atom. The highest BCUT2D eigenvalue weighted by molar-refractivity contribution is 8.00. The van der Waals surface area contributed by atoms with E-state index in [4.69, 9.17) is 5.11 Å². The average Bonchev–Trinajstić information content (AvgIpc) is 2.96. The van der Waals surface area contributed by atoms with Crippen LogP contribution in [0.5, 0.6) is 0 Å². The average molecular weight is 344 g/mol. The lowest BCUT2D eigenvalue weighted by molar-refractivity contribution is -0.385. The molecule has 1 saturated heterocycles. The SMILES string of the molecule is O=C(O)c1cccc(N2C(=O)CSC2c2ccccc2[N+](=O)[O-])c1. The molecule has 24 heavy (non-hydrogen) atoms. The van der Waals surface area contributed by atoms with Crippen molar-refractivity contribution in [3.63, 3.8) is 0 Å². The molecule has 0 spiro atoms. The minimum Gasteiger partial charge on any atom is -0.478 e. The van der Waals surface area contributed by atoms with Crippen molar-refractivity contribution in [3.05, 3.63) is 69.8 Å². The quantitative estimate of drug-likeness (QED) is 0.676. The maximum Gasteiger partial charge on any atom is 0.335 e. The molecule has 3 rings (SSSR count). The first-order chi connectivity index (χ1) is 11.5. The van der Waals surface area contributed by atoms with E-state index in [1.807, 2.05) is 0 Å². The summed E-state index contributed by atoms with van der Waals surface area (Å²) in [7, 11) is 0. The van der Waals surface area contributed by atoms with E-state index < -0.39 is 16.3 Å². The van der Waals surface area contributed by atoms with Crippen LogP contribution in [-0.2, 0) is 4.79 Å². The lowest BCUT2D eigenvalue weighted by atomic mass is 10.1. The van der Waals surface area contributed by atoms with Gasteiger partial charge in [0.05, 0.1) is 21.8 Å². The summed E-state index contributed by atoms with van der Waals surface area (Å²) < 4.78 is 0. The highest BCUT2D eigenvalue weighted by Crippen LogP contribution is 2.44. The number of hydrogen-bond acceptors (Lipinski definition) is 5. The van der Waals surface area contributed by atoms with Crippen LogP contribution in [0.1, 0.15) is 21.3 Å². The molecular weight excluding hydrogens is 332 g/mol. The normalized spacial score (nSPS) is 17.1. The van der Waals surface area contributed by atoms with Crippen molar-refractivity contribution in [2.24, 2.45) is 0 Å². The third kappa shape index (κ3) is 2.83. The van der Waals surface area contributed by atoms with E-state index in [2.05, 4.69) is 0 Å². The van der Waals surface area contributed by atoms with Gasteiger partial charge in [0.15, 0.2) is 0 Å². The Kier molecular flexibility index (Phi) is 4.22. The van der Waals surface area contributed by atoms with Gasteiger partial charge in [-0.25, -0.2) is 4.79 Å². The van der Waals surface area contributed by atoms with Crippen LogP contribution < -0.4 is 4.90 Å². The predicted molar refractivity (Wildman–Crippen MR) is 89.2 cm³/mol. The molecule has 1 atom stereocenters. The first-order valence-corrected chi connectivity index (χ1v) is 8.04. The van der Waals surface area contributed by atoms with Gasteiger partial charge in [-0.05, 0) is 24.3 Å². The zero-order valence-corrected chi connectivity index (χ0v) is 13.1. The van der Waals surface area contributed by atoms with Gasteiger partial charge < -0.3 is 5.11 Å². The van der Waals surface area contributed by atoms with Gasteiger partial charge in [0.25, 0.3) is 5.69 Å². The summed E-state index contributed by atoms with van der Waals surface area (Å²) in [5.74, 6) is -1.14. The van der Waals surface area contributed by atoms with Gasteiger partial charge in [0, 0.05) is 11.8 Å². The van der Waals surface area contributed by atoms with Crippen LogP contribution in [0.15, 0.2) is 48.5 Å². The summed E-state index contributed by atoms with van der Waals surface area (Å²) in [5, 5.41) is 19.8. The lowest BCUT2D eigenvalue weighted by Crippen LogP contribution is -2.28. The highest BCUT2D eigenvalue weighted by Gasteiger charge is 2.37. The number of nitrogens with zero attached hydrogens (tertiary/aromatic N) is 2. The molecule has 0 aromatic heterocycles. The van der Waals surface area contributed by atoms with Crippen LogP contribution in [0, 0.1) is 10.1 Å². The number of nitro groups is 1. The van der Waals surface area contributed by atoms with Crippen LogP contribution in [0.25, 0.3) is 0 Å². The molecule has 1 unspecified atom stereocenters. The topological polar surface area (TPSA) is 101 Å². The Bertz CT molecular complexity index is 839. The van der Waals surface area contributed by atoms with Crippen molar-refractivity contribution in [2.75, 3.05) is 10.7 Å². The maximum absolute atomic E-state index is 12.3. The Hall–Kier alpha value is -2.87. The maximum atomic E-state index is 12.3. The Labute approximate surface area is 141 Å². The first-order valence-electron chi connectivity index (χ1n) is 6.99. The van der Waals surface area contributed by atoms with Gasteiger partial charge in [0.2, 0.25) is 5.91 Å². The third-order valence-electron chi connectivity index (χ3n) is 3.64. The summed E-state index contributed by atoms with van der Waals surface area (Å²) in [6, 6.07) is 12.2. The molecule has 1 amide bonds. The summed E-state index contributed by atoms with van der Waals surface area (Å²) in [4.78, 5) is 35.7. The number of carbonyl (C=O) groups is 2. The Balaban J connectivity index is 2.07. The largest absolute Gasteiger partial charge is 0.478 e. The molecule has 0 saturated carbocycles. The fourth-order valence-electron chi connectivity index (χ4n) is 2.58. The number of para-hydroxylation sites is 1. The minimum atomic E-state index is -1.10. The van der Waals surface area contributed by atoms with Crippen molar-refractivity contribution < 1.29 is 19.6 Å². The molecular formula is C16H12N2O5S. The number of hydrogen-bond donors (Lipinski definition) is 1. The van der Waals surface area contributed by atoms with Gasteiger partial charge in [-0.2, -0.15) is 0 Å². The van der Waals surface area contributed by atoms with Crippen molar-refractivity contribution in [1.82, 2.24) is 0 Å². The number of rotatable bonds is 4. The summed E-state index contributed by atoms with van der Waals surface area (Å²) >= 11 is 1.28. The number of amides is 1. The number of thioether (sulfide) groups is 1. The molecule has 1 fully saturated rings. The van der Waals surface area contributed by atoms with Gasteiger partial charge in [0.1, 0.15) is 5.37 Å². The van der Waals surface area contributed by atoms with Gasteiger partial charge in [-0.15, -0.1) is 11.8 Å². The highest BCUT2D eigenvalue weighted by atomic mass is 32.2. The van der Waals surface area contributed by atoms with E-state index in [0.717, 1.165) is 0 Å². The Morgan fingerprint density at radius 3 is 2.71 bits per heavy atom. The van der Waals surface area contributed by atoms with Crippen molar-refractivity contribution in [3.8, 4) is 0 Å². The summed E-state index contributed by atoms with van der Waals surface area (Å²) in [6.45, 7) is 0. The van der Waals surface area contributed by atoms with Crippen LogP contribution in [0.3, 0.4) is 0 Å². The molecule has 1 N–H and O–H groups in total. The second kappa shape index (κ2) is 6.32. The third-order valence-corrected chi connectivity index (χ3v) is 4.83. The van der Waals surface area contributed by atoms with Crippen LogP contribution in [0.4, 0.5) is 11.4 Å². The summed E-state index contributed by atoms with van der Waals surface area (Å²) in [6.07, 6.45) is 0. The molecule has 7 nitrogen and oxygen atoms in total. The molecule has 8 heteroatoms. The molecule has 0 radical (unpaired) electrons. The Morgan fingerprint density at radius 2 is 2.00 bits per heavy atom. The van der Waals surface area contributed by atoms with Crippen LogP contribution in [-0.4, -0.2) is 27.7 Å². The molecule has 0 bridgehead atoms. The number of carboxylic acids is 1. The van der Waals surface area contributed by atoms with Crippen LogP contribution in [0.2, 0.25) is 0 Å². The molecule has 122 valence electrons. The van der Waals surface area contributed by atoms with Gasteiger partial charge in [-0.3, -0.25) is 19.8 Å². The number of carbonyl (C=O) groups excluding carboxylic acids is 1. The van der Waals surface area contributed by atoms with Crippen molar-refractivity contribution in [1.29, 1.82) is 0 Å². The zero-order chi connectivity index (χ0) is 17.3. The number of benzene rings is 2. The van der Waals surface area contributed by atoms with E-state index in [-0.39, 0.29) is 22.9 Å². The molecule has 2 aromatic carbocycles. The smallest absolute Gasteiger partial charge is 0.335 e. The van der Waals surface area contributed by atoms with E-state index in [1.54, 1.807) is 30.3 Å². The number of nitro benzene ring substituents is 1. The molecule has 1 heterocycles. The first kappa shape index (κ1) is 16.0. The molecule has 2 aromatic rings. The second-order valence-electron chi connectivity index (χ2n) is 5.10. The molecule has 1 aliphatic rings. The number of anilines is 1.